The second-order valence-corrected chi connectivity index (χ2v) is 6.72. The molecule has 0 aliphatic carbocycles. The minimum atomic E-state index is 0.755. The molecule has 0 spiro atoms. The number of benzene rings is 1. The normalized spacial score (nSPS) is 14.2. The molecule has 1 N–H and O–H groups in total. The zero-order chi connectivity index (χ0) is 19.2. The molecular weight excluding hydrogens is 336 g/mol. The van der Waals surface area contributed by atoms with Crippen molar-refractivity contribution < 1.29 is 0 Å². The van der Waals surface area contributed by atoms with Crippen molar-refractivity contribution in [2.24, 2.45) is 0 Å². The minimum Gasteiger partial charge on any atom is -0.368 e. The number of nitrogens with zero attached hydrogens (tertiary/aromatic N) is 5. The molecule has 1 aliphatic heterocycles. The van der Waals surface area contributed by atoms with E-state index in [1.54, 1.807) is 0 Å². The van der Waals surface area contributed by atoms with E-state index in [0.29, 0.717) is 0 Å². The Labute approximate surface area is 161 Å². The number of fused-ring (bicyclic) bond motifs is 1. The van der Waals surface area contributed by atoms with Gasteiger partial charge in [-0.05, 0) is 51.9 Å². The van der Waals surface area contributed by atoms with Crippen LogP contribution in [0.2, 0.25) is 0 Å². The maximum atomic E-state index is 4.62. The Bertz CT molecular complexity index is 862. The van der Waals surface area contributed by atoms with Gasteiger partial charge in [-0.15, -0.1) is 0 Å². The number of anilines is 1. The van der Waals surface area contributed by atoms with Crippen molar-refractivity contribution in [3.63, 3.8) is 0 Å². The Balaban J connectivity index is 0.00000102. The molecule has 3 heterocycles. The number of hydrogen-bond donors (Lipinski definition) is 1. The molecule has 1 saturated heterocycles. The van der Waals surface area contributed by atoms with Crippen LogP contribution in [0.5, 0.6) is 0 Å². The van der Waals surface area contributed by atoms with Crippen molar-refractivity contribution in [2.75, 3.05) is 31.5 Å². The maximum Gasteiger partial charge on any atom is 0.168 e. The van der Waals surface area contributed by atoms with Crippen molar-refractivity contribution >= 4 is 16.9 Å². The summed E-state index contributed by atoms with van der Waals surface area (Å²) in [4.78, 5) is 11.7. The average Bonchev–Trinajstić information content (AvgIpc) is 3.34. The van der Waals surface area contributed by atoms with Gasteiger partial charge in [-0.25, -0.2) is 14.6 Å². The molecule has 1 aromatic carbocycles. The lowest BCUT2D eigenvalue weighted by molar-refractivity contribution is 0.352. The van der Waals surface area contributed by atoms with Crippen molar-refractivity contribution in [1.82, 2.24) is 24.6 Å². The van der Waals surface area contributed by atoms with Gasteiger partial charge >= 0.3 is 0 Å². The van der Waals surface area contributed by atoms with E-state index in [2.05, 4.69) is 56.5 Å². The largest absolute Gasteiger partial charge is 0.368 e. The Morgan fingerprint density at radius 1 is 1.00 bits per heavy atom. The van der Waals surface area contributed by atoms with Gasteiger partial charge in [-0.2, -0.15) is 5.10 Å². The molecular formula is C21H30N6. The summed E-state index contributed by atoms with van der Waals surface area (Å²) < 4.78 is 1.88. The molecule has 0 atom stereocenters. The molecule has 27 heavy (non-hydrogen) atoms. The molecule has 0 unspecified atom stereocenters. The molecule has 1 aliphatic rings. The Morgan fingerprint density at radius 2 is 1.70 bits per heavy atom. The molecule has 0 saturated carbocycles. The van der Waals surface area contributed by atoms with E-state index in [9.17, 15) is 0 Å². The quantitative estimate of drug-likeness (QED) is 0.740. The van der Waals surface area contributed by atoms with E-state index in [1.165, 1.54) is 31.5 Å². The van der Waals surface area contributed by atoms with Gasteiger partial charge in [0, 0.05) is 13.1 Å². The summed E-state index contributed by atoms with van der Waals surface area (Å²) in [5.41, 5.74) is 3.09. The van der Waals surface area contributed by atoms with Crippen LogP contribution < -0.4 is 5.32 Å². The average molecular weight is 367 g/mol. The highest BCUT2D eigenvalue weighted by molar-refractivity contribution is 5.87. The monoisotopic (exact) mass is 366 g/mol. The standard InChI is InChI=1S/C19H24N6.C2H6/c1-14-5-7-16(8-6-14)25-19-17(13-21-25)18(22-15(2)23-19)20-9-12-24-10-3-4-11-24;1-2/h5-8,13H,3-4,9-12H2,1-2H3,(H,20,22,23);1-2H3. The number of aryl methyl sites for hydroxylation is 2. The van der Waals surface area contributed by atoms with E-state index < -0.39 is 0 Å². The maximum absolute atomic E-state index is 4.62. The summed E-state index contributed by atoms with van der Waals surface area (Å²) in [7, 11) is 0. The molecule has 0 amide bonds. The van der Waals surface area contributed by atoms with Crippen LogP contribution in [-0.4, -0.2) is 50.8 Å². The lowest BCUT2D eigenvalue weighted by Crippen LogP contribution is -2.26. The molecule has 144 valence electrons. The van der Waals surface area contributed by atoms with Crippen molar-refractivity contribution in [3.05, 3.63) is 41.9 Å². The number of rotatable bonds is 5. The summed E-state index contributed by atoms with van der Waals surface area (Å²) >= 11 is 0. The highest BCUT2D eigenvalue weighted by Crippen LogP contribution is 2.23. The molecule has 0 radical (unpaired) electrons. The fraction of sp³-hybridized carbons (Fsp3) is 0.476. The van der Waals surface area contributed by atoms with Gasteiger partial charge in [0.15, 0.2) is 5.65 Å². The summed E-state index contributed by atoms with van der Waals surface area (Å²) in [5.74, 6) is 1.63. The molecule has 3 aromatic rings. The summed E-state index contributed by atoms with van der Waals surface area (Å²) in [5, 5.41) is 8.99. The van der Waals surface area contributed by atoms with Crippen molar-refractivity contribution in [3.8, 4) is 5.69 Å². The van der Waals surface area contributed by atoms with Gasteiger partial charge in [0.05, 0.1) is 17.3 Å². The zero-order valence-corrected chi connectivity index (χ0v) is 16.9. The van der Waals surface area contributed by atoms with Crippen LogP contribution in [-0.2, 0) is 0 Å². The molecule has 6 nitrogen and oxygen atoms in total. The second-order valence-electron chi connectivity index (χ2n) is 6.72. The number of nitrogens with one attached hydrogen (secondary N) is 1. The third-order valence-corrected chi connectivity index (χ3v) is 4.74. The number of aromatic nitrogens is 4. The fourth-order valence-corrected chi connectivity index (χ4v) is 3.37. The smallest absolute Gasteiger partial charge is 0.168 e. The predicted octanol–water partition coefficient (Wildman–Crippen LogP) is 3.97. The van der Waals surface area contributed by atoms with Crippen LogP contribution in [0.4, 0.5) is 5.82 Å². The van der Waals surface area contributed by atoms with Gasteiger partial charge in [0.2, 0.25) is 0 Å². The molecule has 4 rings (SSSR count). The van der Waals surface area contributed by atoms with Gasteiger partial charge in [0.25, 0.3) is 0 Å². The summed E-state index contributed by atoms with van der Waals surface area (Å²) in [6.07, 6.45) is 4.49. The van der Waals surface area contributed by atoms with E-state index in [1.807, 2.05) is 31.6 Å². The van der Waals surface area contributed by atoms with E-state index in [-0.39, 0.29) is 0 Å². The van der Waals surface area contributed by atoms with E-state index in [0.717, 1.165) is 41.5 Å². The van der Waals surface area contributed by atoms with Gasteiger partial charge in [0.1, 0.15) is 11.6 Å². The summed E-state index contributed by atoms with van der Waals surface area (Å²) in [6.45, 7) is 12.4. The van der Waals surface area contributed by atoms with Crippen LogP contribution in [0, 0.1) is 13.8 Å². The van der Waals surface area contributed by atoms with E-state index >= 15 is 0 Å². The first-order valence-electron chi connectivity index (χ1n) is 9.96. The van der Waals surface area contributed by atoms with Crippen LogP contribution >= 0.6 is 0 Å². The Kier molecular flexibility index (Phi) is 6.40. The molecule has 1 fully saturated rings. The molecule has 6 heteroatoms. The van der Waals surface area contributed by atoms with Crippen LogP contribution in [0.1, 0.15) is 38.1 Å². The Morgan fingerprint density at radius 3 is 2.41 bits per heavy atom. The summed E-state index contributed by atoms with van der Waals surface area (Å²) in [6, 6.07) is 8.32. The number of hydrogen-bond acceptors (Lipinski definition) is 5. The van der Waals surface area contributed by atoms with Gasteiger partial charge in [-0.3, -0.25) is 0 Å². The highest BCUT2D eigenvalue weighted by atomic mass is 15.3. The van der Waals surface area contributed by atoms with Gasteiger partial charge in [-0.1, -0.05) is 31.5 Å². The Hall–Kier alpha value is -2.47. The predicted molar refractivity (Wildman–Crippen MR) is 112 cm³/mol. The fourth-order valence-electron chi connectivity index (χ4n) is 3.37. The van der Waals surface area contributed by atoms with E-state index in [4.69, 9.17) is 0 Å². The second kappa shape index (κ2) is 8.95. The third kappa shape index (κ3) is 4.45. The first-order chi connectivity index (χ1) is 13.2. The lowest BCUT2D eigenvalue weighted by atomic mass is 10.2. The number of likely N-dealkylation sites (tertiary alicyclic amines) is 1. The topological polar surface area (TPSA) is 58.9 Å². The lowest BCUT2D eigenvalue weighted by Gasteiger charge is -2.15. The van der Waals surface area contributed by atoms with Crippen LogP contribution in [0.25, 0.3) is 16.7 Å². The van der Waals surface area contributed by atoms with Crippen LogP contribution in [0.15, 0.2) is 30.5 Å². The molecule has 2 aromatic heterocycles. The SMILES string of the molecule is CC.Cc1ccc(-n2ncc3c(NCCN4CCCC4)nc(C)nc32)cc1. The van der Waals surface area contributed by atoms with Gasteiger partial charge < -0.3 is 10.2 Å². The first-order valence-corrected chi connectivity index (χ1v) is 9.96. The van der Waals surface area contributed by atoms with Crippen molar-refractivity contribution in [2.45, 2.75) is 40.5 Å². The third-order valence-electron chi connectivity index (χ3n) is 4.74. The van der Waals surface area contributed by atoms with Crippen LogP contribution in [0.3, 0.4) is 0 Å². The molecule has 0 bridgehead atoms. The van der Waals surface area contributed by atoms with Crippen molar-refractivity contribution in [1.29, 1.82) is 0 Å². The highest BCUT2D eigenvalue weighted by Gasteiger charge is 2.14. The zero-order valence-electron chi connectivity index (χ0n) is 16.9. The first kappa shape index (κ1) is 19.3. The minimum absolute atomic E-state index is 0.755.